The Balaban J connectivity index is 1.86. The van der Waals surface area contributed by atoms with Crippen LogP contribution in [0.2, 0.25) is 0 Å². The summed E-state index contributed by atoms with van der Waals surface area (Å²) in [7, 11) is 0. The van der Waals surface area contributed by atoms with E-state index in [1.807, 2.05) is 28.8 Å². The molecule has 0 aliphatic heterocycles. The highest BCUT2D eigenvalue weighted by Crippen LogP contribution is 2.31. The molecule has 2 heterocycles. The molecule has 33 heavy (non-hydrogen) atoms. The lowest BCUT2D eigenvalue weighted by molar-refractivity contribution is 0.102. The molecule has 0 saturated carbocycles. The highest BCUT2D eigenvalue weighted by atomic mass is 19.1. The van der Waals surface area contributed by atoms with Gasteiger partial charge in [-0.3, -0.25) is 4.79 Å². The van der Waals surface area contributed by atoms with Crippen LogP contribution in [0.3, 0.4) is 0 Å². The normalized spacial score (nSPS) is 12.1. The Morgan fingerprint density at radius 2 is 1.82 bits per heavy atom. The van der Waals surface area contributed by atoms with E-state index in [1.54, 1.807) is 0 Å². The molecule has 0 spiro atoms. The van der Waals surface area contributed by atoms with E-state index in [0.29, 0.717) is 40.5 Å². The average Bonchev–Trinajstić information content (AvgIpc) is 3.11. The number of aromatic nitrogens is 3. The van der Waals surface area contributed by atoms with Crippen molar-refractivity contribution in [2.75, 3.05) is 5.32 Å². The van der Waals surface area contributed by atoms with Crippen molar-refractivity contribution in [3.63, 3.8) is 0 Å². The molecule has 4 rings (SSSR count). The zero-order valence-corrected chi connectivity index (χ0v) is 18.8. The third-order valence-corrected chi connectivity index (χ3v) is 5.99. The Labute approximate surface area is 192 Å². The Hall–Kier alpha value is -3.79. The topological polar surface area (TPSA) is 83.6 Å². The van der Waals surface area contributed by atoms with Crippen molar-refractivity contribution in [3.8, 4) is 6.07 Å². The maximum Gasteiger partial charge on any atom is 0.256 e. The molecule has 1 atom stereocenters. The Morgan fingerprint density at radius 1 is 1.12 bits per heavy atom. The second-order valence-electron chi connectivity index (χ2n) is 8.21. The molecule has 1 N–H and O–H groups in total. The van der Waals surface area contributed by atoms with Crippen molar-refractivity contribution in [2.24, 2.45) is 5.92 Å². The van der Waals surface area contributed by atoms with Gasteiger partial charge in [-0.25, -0.2) is 14.4 Å². The summed E-state index contributed by atoms with van der Waals surface area (Å²) in [6, 6.07) is 15.1. The van der Waals surface area contributed by atoms with Crippen molar-refractivity contribution < 1.29 is 9.18 Å². The lowest BCUT2D eigenvalue weighted by Gasteiger charge is -2.18. The van der Waals surface area contributed by atoms with Crippen molar-refractivity contribution in [1.29, 1.82) is 5.26 Å². The number of hydrogen-bond donors (Lipinski definition) is 1. The van der Waals surface area contributed by atoms with E-state index in [1.165, 1.54) is 24.3 Å². The molecule has 0 saturated heterocycles. The van der Waals surface area contributed by atoms with Crippen LogP contribution in [-0.4, -0.2) is 20.4 Å². The number of carbonyl (C=O) groups excluding carboxylic acids is 1. The number of anilines is 1. The first-order chi connectivity index (χ1) is 16.0. The Morgan fingerprint density at radius 3 is 2.45 bits per heavy atom. The predicted octanol–water partition coefficient (Wildman–Crippen LogP) is 6.06. The minimum absolute atomic E-state index is 0.282. The molecule has 0 fully saturated rings. The van der Waals surface area contributed by atoms with Crippen LogP contribution in [-0.2, 0) is 6.54 Å². The number of nitriles is 1. The molecule has 2 aromatic heterocycles. The van der Waals surface area contributed by atoms with Crippen LogP contribution >= 0.6 is 0 Å². The maximum absolute atomic E-state index is 13.3. The molecule has 0 unspecified atom stereocenters. The van der Waals surface area contributed by atoms with Crippen molar-refractivity contribution >= 4 is 33.9 Å². The molecule has 0 bridgehead atoms. The minimum atomic E-state index is -0.417. The second-order valence-corrected chi connectivity index (χ2v) is 8.21. The maximum atomic E-state index is 13.3. The van der Waals surface area contributed by atoms with Crippen molar-refractivity contribution in [2.45, 2.75) is 46.1 Å². The summed E-state index contributed by atoms with van der Waals surface area (Å²) in [6.45, 7) is 4.92. The third kappa shape index (κ3) is 4.56. The number of nitrogens with one attached hydrogen (secondary N) is 1. The summed E-state index contributed by atoms with van der Waals surface area (Å²) in [5, 5.41) is 12.9. The SMILES string of the molecule is CCCC[C@@H](CC)Cn1c(NC(=O)c2ccc(F)cc2)c(C#N)c2nc3ccccc3nc21. The number of carbonyl (C=O) groups is 1. The van der Waals surface area contributed by atoms with Gasteiger partial charge in [-0.2, -0.15) is 5.26 Å². The average molecular weight is 444 g/mol. The van der Waals surface area contributed by atoms with Gasteiger partial charge in [0.25, 0.3) is 5.91 Å². The summed E-state index contributed by atoms with van der Waals surface area (Å²) in [5.41, 5.74) is 3.05. The van der Waals surface area contributed by atoms with E-state index in [4.69, 9.17) is 9.97 Å². The van der Waals surface area contributed by atoms with E-state index < -0.39 is 11.7 Å². The summed E-state index contributed by atoms with van der Waals surface area (Å²) in [6.07, 6.45) is 4.22. The predicted molar refractivity (Wildman–Crippen MR) is 127 cm³/mol. The summed E-state index contributed by atoms with van der Waals surface area (Å²) >= 11 is 0. The van der Waals surface area contributed by atoms with E-state index in [-0.39, 0.29) is 5.56 Å². The lowest BCUT2D eigenvalue weighted by atomic mass is 9.99. The van der Waals surface area contributed by atoms with Gasteiger partial charge < -0.3 is 9.88 Å². The number of halogens is 1. The molecular formula is C26H26FN5O. The molecule has 6 nitrogen and oxygen atoms in total. The number of unbranched alkanes of at least 4 members (excludes halogenated alkanes) is 1. The van der Waals surface area contributed by atoms with Crippen LogP contribution in [0.5, 0.6) is 0 Å². The quantitative estimate of drug-likeness (QED) is 0.358. The van der Waals surface area contributed by atoms with E-state index in [2.05, 4.69) is 25.2 Å². The van der Waals surface area contributed by atoms with E-state index >= 15 is 0 Å². The number of benzene rings is 2. The van der Waals surface area contributed by atoms with Gasteiger partial charge in [-0.1, -0.05) is 45.2 Å². The Kier molecular flexibility index (Phi) is 6.64. The van der Waals surface area contributed by atoms with Crippen molar-refractivity contribution in [3.05, 3.63) is 65.5 Å². The van der Waals surface area contributed by atoms with E-state index in [9.17, 15) is 14.4 Å². The largest absolute Gasteiger partial charge is 0.309 e. The Bertz CT molecular complexity index is 1340. The highest BCUT2D eigenvalue weighted by Gasteiger charge is 2.24. The van der Waals surface area contributed by atoms with Crippen LogP contribution in [0.1, 0.15) is 55.5 Å². The number of nitrogens with zero attached hydrogens (tertiary/aromatic N) is 4. The van der Waals surface area contributed by atoms with Crippen molar-refractivity contribution in [1.82, 2.24) is 14.5 Å². The first-order valence-corrected chi connectivity index (χ1v) is 11.3. The standard InChI is InChI=1S/C26H26FN5O/c1-3-5-8-17(4-2)16-32-24(31-26(33)18-11-13-19(27)14-12-18)20(15-28)23-25(32)30-22-10-7-6-9-21(22)29-23/h6-7,9-14,17H,3-5,8,16H2,1-2H3,(H,31,33)/t17-/m1/s1. The molecule has 0 radical (unpaired) electrons. The smallest absolute Gasteiger partial charge is 0.256 e. The number of para-hydroxylation sites is 2. The van der Waals surface area contributed by atoms with Gasteiger partial charge in [0, 0.05) is 12.1 Å². The molecule has 1 amide bonds. The van der Waals surface area contributed by atoms with Crippen LogP contribution < -0.4 is 5.32 Å². The number of amides is 1. The number of rotatable bonds is 8. The molecule has 0 aliphatic carbocycles. The van der Waals surface area contributed by atoms with Crippen LogP contribution in [0, 0.1) is 23.1 Å². The summed E-state index contributed by atoms with van der Waals surface area (Å²) < 4.78 is 15.2. The van der Waals surface area contributed by atoms with Gasteiger partial charge in [0.05, 0.1) is 11.0 Å². The lowest BCUT2D eigenvalue weighted by Crippen LogP contribution is -2.18. The molecular weight excluding hydrogens is 417 g/mol. The molecule has 2 aromatic carbocycles. The fraction of sp³-hybridized carbons (Fsp3) is 0.308. The molecule has 7 heteroatoms. The molecule has 168 valence electrons. The van der Waals surface area contributed by atoms with Gasteiger partial charge in [0.2, 0.25) is 0 Å². The van der Waals surface area contributed by atoms with Crippen LogP contribution in [0.4, 0.5) is 10.2 Å². The van der Waals surface area contributed by atoms with Crippen LogP contribution in [0.25, 0.3) is 22.2 Å². The first kappa shape index (κ1) is 22.4. The summed E-state index contributed by atoms with van der Waals surface area (Å²) in [5.74, 6) is -0.0872. The molecule has 0 aliphatic rings. The fourth-order valence-corrected chi connectivity index (χ4v) is 4.07. The highest BCUT2D eigenvalue weighted by molar-refractivity contribution is 6.06. The van der Waals surface area contributed by atoms with Gasteiger partial charge in [-0.05, 0) is 48.7 Å². The monoisotopic (exact) mass is 443 g/mol. The fourth-order valence-electron chi connectivity index (χ4n) is 4.07. The van der Waals surface area contributed by atoms with Gasteiger partial charge in [0.15, 0.2) is 5.65 Å². The number of hydrogen-bond acceptors (Lipinski definition) is 4. The van der Waals surface area contributed by atoms with Gasteiger partial charge in [0.1, 0.15) is 28.8 Å². The second kappa shape index (κ2) is 9.78. The van der Waals surface area contributed by atoms with Crippen LogP contribution in [0.15, 0.2) is 48.5 Å². The minimum Gasteiger partial charge on any atom is -0.309 e. The van der Waals surface area contributed by atoms with Gasteiger partial charge >= 0.3 is 0 Å². The molecule has 4 aromatic rings. The first-order valence-electron chi connectivity index (χ1n) is 11.3. The zero-order valence-electron chi connectivity index (χ0n) is 18.8. The number of fused-ring (bicyclic) bond motifs is 2. The zero-order chi connectivity index (χ0) is 23.4. The third-order valence-electron chi connectivity index (χ3n) is 5.99. The summed E-state index contributed by atoms with van der Waals surface area (Å²) in [4.78, 5) is 22.5. The van der Waals surface area contributed by atoms with E-state index in [0.717, 1.165) is 31.2 Å². The van der Waals surface area contributed by atoms with Gasteiger partial charge in [-0.15, -0.1) is 0 Å².